The number of carboxylic acid groups (broad SMARTS) is 1. The van der Waals surface area contributed by atoms with Crippen LogP contribution in [0.15, 0.2) is 0 Å². The molecule has 0 spiro atoms. The standard InChI is InChI=1S/C13H23NO5/c1-10(13(16)17)9-14(2)12(15)5-8-19-11-3-6-18-7-4-11/h10-11H,3-9H2,1-2H3,(H,16,17). The molecule has 0 bridgehead atoms. The van der Waals surface area contributed by atoms with Crippen molar-refractivity contribution in [2.45, 2.75) is 32.3 Å². The molecule has 1 rings (SSSR count). The smallest absolute Gasteiger partial charge is 0.308 e. The van der Waals surface area contributed by atoms with Gasteiger partial charge in [-0.25, -0.2) is 0 Å². The first-order valence-electron chi connectivity index (χ1n) is 6.66. The first kappa shape index (κ1) is 15.9. The Morgan fingerprint density at radius 1 is 1.42 bits per heavy atom. The van der Waals surface area contributed by atoms with Gasteiger partial charge in [0.05, 0.1) is 25.0 Å². The Balaban J connectivity index is 2.17. The number of aliphatic carboxylic acids is 1. The molecular formula is C13H23NO5. The zero-order chi connectivity index (χ0) is 14.3. The lowest BCUT2D eigenvalue weighted by atomic mass is 10.1. The summed E-state index contributed by atoms with van der Waals surface area (Å²) in [6.45, 7) is 3.63. The van der Waals surface area contributed by atoms with Gasteiger partial charge in [0.1, 0.15) is 0 Å². The second-order valence-corrected chi connectivity index (χ2v) is 4.95. The fourth-order valence-corrected chi connectivity index (χ4v) is 1.94. The number of carbonyl (C=O) groups is 2. The third kappa shape index (κ3) is 6.02. The summed E-state index contributed by atoms with van der Waals surface area (Å²) in [5.74, 6) is -1.52. The lowest BCUT2D eigenvalue weighted by molar-refractivity contribution is -0.142. The molecule has 1 aliphatic heterocycles. The number of carbonyl (C=O) groups excluding carboxylic acids is 1. The van der Waals surface area contributed by atoms with Crippen molar-refractivity contribution in [2.75, 3.05) is 33.4 Å². The summed E-state index contributed by atoms with van der Waals surface area (Å²) in [5.41, 5.74) is 0. The highest BCUT2D eigenvalue weighted by Crippen LogP contribution is 2.11. The van der Waals surface area contributed by atoms with Crippen LogP contribution < -0.4 is 0 Å². The quantitative estimate of drug-likeness (QED) is 0.741. The van der Waals surface area contributed by atoms with Crippen LogP contribution in [0, 0.1) is 5.92 Å². The molecule has 1 aliphatic rings. The van der Waals surface area contributed by atoms with E-state index in [9.17, 15) is 9.59 Å². The van der Waals surface area contributed by atoms with E-state index in [1.807, 2.05) is 0 Å². The predicted molar refractivity (Wildman–Crippen MR) is 68.8 cm³/mol. The van der Waals surface area contributed by atoms with Gasteiger partial charge >= 0.3 is 5.97 Å². The van der Waals surface area contributed by atoms with Crippen LogP contribution in [0.4, 0.5) is 0 Å². The Bertz CT molecular complexity index is 301. The molecule has 1 fully saturated rings. The number of ether oxygens (including phenoxy) is 2. The first-order chi connectivity index (χ1) is 9.00. The number of rotatable bonds is 7. The maximum atomic E-state index is 11.8. The number of carboxylic acids is 1. The number of nitrogens with zero attached hydrogens (tertiary/aromatic N) is 1. The highest BCUT2D eigenvalue weighted by atomic mass is 16.5. The summed E-state index contributed by atoms with van der Waals surface area (Å²) in [4.78, 5) is 23.9. The van der Waals surface area contributed by atoms with Crippen LogP contribution >= 0.6 is 0 Å². The largest absolute Gasteiger partial charge is 0.481 e. The number of amides is 1. The Morgan fingerprint density at radius 2 is 2.05 bits per heavy atom. The summed E-state index contributed by atoms with van der Waals surface area (Å²) in [5, 5.41) is 8.78. The van der Waals surface area contributed by atoms with Gasteiger partial charge in [-0.1, -0.05) is 6.92 Å². The van der Waals surface area contributed by atoms with Crippen LogP contribution in [0.2, 0.25) is 0 Å². The monoisotopic (exact) mass is 273 g/mol. The molecule has 0 aromatic heterocycles. The van der Waals surface area contributed by atoms with Crippen molar-refractivity contribution in [3.63, 3.8) is 0 Å². The van der Waals surface area contributed by atoms with Crippen molar-refractivity contribution in [3.05, 3.63) is 0 Å². The summed E-state index contributed by atoms with van der Waals surface area (Å²) in [7, 11) is 1.62. The van der Waals surface area contributed by atoms with Crippen LogP contribution in [0.1, 0.15) is 26.2 Å². The third-order valence-electron chi connectivity index (χ3n) is 3.23. The van der Waals surface area contributed by atoms with E-state index in [1.165, 1.54) is 4.90 Å². The lowest BCUT2D eigenvalue weighted by Gasteiger charge is -2.23. The Kier molecular flexibility index (Phi) is 6.80. The SMILES string of the molecule is CC(CN(C)C(=O)CCOC1CCOCC1)C(=O)O. The second kappa shape index (κ2) is 8.12. The fourth-order valence-electron chi connectivity index (χ4n) is 1.94. The minimum atomic E-state index is -0.891. The molecule has 1 N–H and O–H groups in total. The summed E-state index contributed by atoms with van der Waals surface area (Å²) in [6, 6.07) is 0. The predicted octanol–water partition coefficient (Wildman–Crippen LogP) is 0.751. The minimum absolute atomic E-state index is 0.0832. The van der Waals surface area contributed by atoms with Gasteiger partial charge in [0.25, 0.3) is 0 Å². The lowest BCUT2D eigenvalue weighted by Crippen LogP contribution is -2.34. The second-order valence-electron chi connectivity index (χ2n) is 4.95. The third-order valence-corrected chi connectivity index (χ3v) is 3.23. The molecule has 0 aromatic rings. The van der Waals surface area contributed by atoms with E-state index in [0.29, 0.717) is 26.2 Å². The van der Waals surface area contributed by atoms with E-state index in [2.05, 4.69) is 0 Å². The molecular weight excluding hydrogens is 250 g/mol. The van der Waals surface area contributed by atoms with Crippen molar-refractivity contribution >= 4 is 11.9 Å². The van der Waals surface area contributed by atoms with Crippen molar-refractivity contribution < 1.29 is 24.2 Å². The molecule has 0 saturated carbocycles. The van der Waals surface area contributed by atoms with E-state index in [4.69, 9.17) is 14.6 Å². The van der Waals surface area contributed by atoms with E-state index < -0.39 is 11.9 Å². The summed E-state index contributed by atoms with van der Waals surface area (Å²) < 4.78 is 10.8. The van der Waals surface area contributed by atoms with Gasteiger partial charge in [-0.2, -0.15) is 0 Å². The molecule has 6 heteroatoms. The van der Waals surface area contributed by atoms with Crippen LogP contribution in [0.5, 0.6) is 0 Å². The molecule has 1 amide bonds. The molecule has 110 valence electrons. The Labute approximate surface area is 113 Å². The van der Waals surface area contributed by atoms with Crippen LogP contribution in [0.25, 0.3) is 0 Å². The normalized spacial score (nSPS) is 18.0. The molecule has 1 saturated heterocycles. The van der Waals surface area contributed by atoms with Crippen molar-refractivity contribution in [1.82, 2.24) is 4.90 Å². The van der Waals surface area contributed by atoms with Crippen LogP contribution in [-0.4, -0.2) is 61.4 Å². The average molecular weight is 273 g/mol. The Hall–Kier alpha value is -1.14. The van der Waals surface area contributed by atoms with Crippen LogP contribution in [-0.2, 0) is 19.1 Å². The zero-order valence-electron chi connectivity index (χ0n) is 11.6. The highest BCUT2D eigenvalue weighted by Gasteiger charge is 2.18. The topological polar surface area (TPSA) is 76.1 Å². The molecule has 0 aromatic carbocycles. The van der Waals surface area contributed by atoms with E-state index in [-0.39, 0.29) is 18.6 Å². The fraction of sp³-hybridized carbons (Fsp3) is 0.846. The van der Waals surface area contributed by atoms with Crippen molar-refractivity contribution in [3.8, 4) is 0 Å². The van der Waals surface area contributed by atoms with Crippen molar-refractivity contribution in [2.24, 2.45) is 5.92 Å². The molecule has 0 aliphatic carbocycles. The molecule has 6 nitrogen and oxygen atoms in total. The van der Waals surface area contributed by atoms with Gasteiger partial charge in [-0.3, -0.25) is 9.59 Å². The maximum Gasteiger partial charge on any atom is 0.308 e. The van der Waals surface area contributed by atoms with Gasteiger partial charge in [-0.05, 0) is 12.8 Å². The van der Waals surface area contributed by atoms with Gasteiger partial charge in [0, 0.05) is 26.8 Å². The highest BCUT2D eigenvalue weighted by molar-refractivity contribution is 5.77. The number of hydrogen-bond acceptors (Lipinski definition) is 4. The minimum Gasteiger partial charge on any atom is -0.481 e. The average Bonchev–Trinajstić information content (AvgIpc) is 2.39. The molecule has 0 radical (unpaired) electrons. The number of hydrogen-bond donors (Lipinski definition) is 1. The van der Waals surface area contributed by atoms with Gasteiger partial charge < -0.3 is 19.5 Å². The zero-order valence-corrected chi connectivity index (χ0v) is 11.6. The van der Waals surface area contributed by atoms with E-state index >= 15 is 0 Å². The molecule has 19 heavy (non-hydrogen) atoms. The summed E-state index contributed by atoms with van der Waals surface area (Å²) in [6.07, 6.45) is 2.23. The van der Waals surface area contributed by atoms with Gasteiger partial charge in [0.15, 0.2) is 0 Å². The molecule has 1 heterocycles. The van der Waals surface area contributed by atoms with Crippen LogP contribution in [0.3, 0.4) is 0 Å². The Morgan fingerprint density at radius 3 is 2.63 bits per heavy atom. The maximum absolute atomic E-state index is 11.8. The van der Waals surface area contributed by atoms with Gasteiger partial charge in [-0.15, -0.1) is 0 Å². The first-order valence-corrected chi connectivity index (χ1v) is 6.66. The molecule has 1 unspecified atom stereocenters. The van der Waals surface area contributed by atoms with Gasteiger partial charge in [0.2, 0.25) is 5.91 Å². The van der Waals surface area contributed by atoms with Crippen molar-refractivity contribution in [1.29, 1.82) is 0 Å². The molecule has 1 atom stereocenters. The van der Waals surface area contributed by atoms with E-state index in [0.717, 1.165) is 12.8 Å². The van der Waals surface area contributed by atoms with E-state index in [1.54, 1.807) is 14.0 Å². The summed E-state index contributed by atoms with van der Waals surface area (Å²) >= 11 is 0.